The van der Waals surface area contributed by atoms with Crippen molar-refractivity contribution in [1.29, 1.82) is 0 Å². The monoisotopic (exact) mass is 1250 g/mol. The summed E-state index contributed by atoms with van der Waals surface area (Å²) in [6, 6.07) is -0.911. The van der Waals surface area contributed by atoms with Crippen LogP contribution in [0.5, 0.6) is 0 Å². The topological polar surface area (TPSA) is 228 Å². The maximum atomic E-state index is 13.3. The van der Waals surface area contributed by atoms with E-state index >= 15 is 0 Å². The van der Waals surface area contributed by atoms with Crippen LogP contribution < -0.4 is 5.32 Å². The van der Waals surface area contributed by atoms with Crippen LogP contribution in [0.15, 0.2) is 12.2 Å². The molecule has 12 unspecified atom stereocenters. The molecule has 2 saturated heterocycles. The van der Waals surface area contributed by atoms with Crippen LogP contribution >= 0.6 is 0 Å². The number of aliphatic hydroxyl groups is 8. The van der Waals surface area contributed by atoms with Crippen LogP contribution in [-0.2, 0) is 23.7 Å². The summed E-state index contributed by atoms with van der Waals surface area (Å²) in [5.41, 5.74) is 0. The Bertz CT molecular complexity index is 1520. The molecule has 0 spiro atoms. The molecule has 0 aromatic heterocycles. The minimum Gasteiger partial charge on any atom is -0.394 e. The lowest BCUT2D eigenvalue weighted by molar-refractivity contribution is -0.359. The van der Waals surface area contributed by atoms with Crippen molar-refractivity contribution in [3.63, 3.8) is 0 Å². The first kappa shape index (κ1) is 82.8. The van der Waals surface area contributed by atoms with Crippen LogP contribution in [0.4, 0.5) is 0 Å². The number of hydrogen-bond acceptors (Lipinski definition) is 13. The number of amides is 1. The fourth-order valence-corrected chi connectivity index (χ4v) is 12.9. The van der Waals surface area contributed by atoms with Gasteiger partial charge >= 0.3 is 0 Å². The van der Waals surface area contributed by atoms with Crippen molar-refractivity contribution >= 4 is 5.91 Å². The van der Waals surface area contributed by atoms with Gasteiger partial charge in [-0.1, -0.05) is 347 Å². The van der Waals surface area contributed by atoms with Crippen LogP contribution in [0.25, 0.3) is 0 Å². The molecule has 2 fully saturated rings. The van der Waals surface area contributed by atoms with Crippen LogP contribution in [0.2, 0.25) is 0 Å². The van der Waals surface area contributed by atoms with Gasteiger partial charge in [0.05, 0.1) is 32.0 Å². The van der Waals surface area contributed by atoms with Gasteiger partial charge in [0, 0.05) is 6.42 Å². The van der Waals surface area contributed by atoms with E-state index < -0.39 is 86.8 Å². The smallest absolute Gasteiger partial charge is 0.220 e. The van der Waals surface area contributed by atoms with Crippen LogP contribution in [-0.4, -0.2) is 140 Å². The van der Waals surface area contributed by atoms with Crippen molar-refractivity contribution in [2.45, 2.75) is 434 Å². The lowest BCUT2D eigenvalue weighted by Gasteiger charge is -2.46. The molecule has 2 aliphatic rings. The third kappa shape index (κ3) is 42.9. The summed E-state index contributed by atoms with van der Waals surface area (Å²) in [5.74, 6) is -0.231. The maximum Gasteiger partial charge on any atom is 0.220 e. The highest BCUT2D eigenvalue weighted by molar-refractivity contribution is 5.76. The Morgan fingerprint density at radius 2 is 0.705 bits per heavy atom. The van der Waals surface area contributed by atoms with Crippen LogP contribution in [0.1, 0.15) is 361 Å². The molecule has 12 atom stereocenters. The summed E-state index contributed by atoms with van der Waals surface area (Å²) in [5, 5.41) is 87.4. The fourth-order valence-electron chi connectivity index (χ4n) is 12.9. The van der Waals surface area contributed by atoms with Gasteiger partial charge in [-0.3, -0.25) is 4.79 Å². The van der Waals surface area contributed by atoms with E-state index in [1.54, 1.807) is 6.08 Å². The number of nitrogens with one attached hydrogen (secondary N) is 1. The Hall–Kier alpha value is -1.27. The Kier molecular flexibility index (Phi) is 56.0. The Balaban J connectivity index is 1.55. The molecule has 9 N–H and O–H groups in total. The lowest BCUT2D eigenvalue weighted by Crippen LogP contribution is -2.65. The Morgan fingerprint density at radius 3 is 1.05 bits per heavy atom. The average molecular weight is 1250 g/mol. The minimum absolute atomic E-state index is 0.231. The van der Waals surface area contributed by atoms with Gasteiger partial charge in [0.2, 0.25) is 5.91 Å². The molecule has 0 saturated carbocycles. The van der Waals surface area contributed by atoms with E-state index in [9.17, 15) is 45.6 Å². The minimum atomic E-state index is -1.79. The molecule has 0 aromatic rings. The van der Waals surface area contributed by atoms with Crippen molar-refractivity contribution in [3.05, 3.63) is 12.2 Å². The maximum absolute atomic E-state index is 13.3. The first-order chi connectivity index (χ1) is 43.1. The van der Waals surface area contributed by atoms with E-state index in [0.717, 1.165) is 44.9 Å². The summed E-state index contributed by atoms with van der Waals surface area (Å²) in [6.07, 6.45) is 57.4. The number of aliphatic hydroxyl groups excluding tert-OH is 8. The lowest BCUT2D eigenvalue weighted by atomic mass is 9.97. The van der Waals surface area contributed by atoms with E-state index in [0.29, 0.717) is 0 Å². The van der Waals surface area contributed by atoms with Gasteiger partial charge in [-0.15, -0.1) is 0 Å². The number of ether oxygens (including phenoxy) is 4. The second-order valence-electron chi connectivity index (χ2n) is 27.1. The highest BCUT2D eigenvalue weighted by Gasteiger charge is 2.51. The Morgan fingerprint density at radius 1 is 0.398 bits per heavy atom. The van der Waals surface area contributed by atoms with Gasteiger partial charge in [-0.05, 0) is 19.3 Å². The SMILES string of the molecule is CCCCCCCCCCCCCCCC/C=C/C(O)C(COC1OC(CO)C(OC2OC(CO)C(O)C(O)C2O)C(O)C1O)NC(=O)CCCCCCCCCCCCCCCCCCCCCCCCCCCCCCCCCCCCCCCC. The van der Waals surface area contributed by atoms with Gasteiger partial charge in [0.1, 0.15) is 48.8 Å². The van der Waals surface area contributed by atoms with E-state index in [2.05, 4.69) is 19.2 Å². The molecular formula is C74H143NO13. The second-order valence-corrected chi connectivity index (χ2v) is 27.1. The molecule has 0 aromatic carbocycles. The van der Waals surface area contributed by atoms with E-state index in [1.165, 1.54) is 295 Å². The third-order valence-corrected chi connectivity index (χ3v) is 19.0. The number of allylic oxidation sites excluding steroid dienone is 1. The number of rotatable bonds is 64. The van der Waals surface area contributed by atoms with Gasteiger partial charge in [-0.25, -0.2) is 0 Å². The Labute approximate surface area is 539 Å². The summed E-state index contributed by atoms with van der Waals surface area (Å²) in [7, 11) is 0. The molecule has 522 valence electrons. The van der Waals surface area contributed by atoms with Crippen LogP contribution in [0, 0.1) is 0 Å². The van der Waals surface area contributed by atoms with Crippen LogP contribution in [0.3, 0.4) is 0 Å². The van der Waals surface area contributed by atoms with Gasteiger partial charge in [0.25, 0.3) is 0 Å². The predicted molar refractivity (Wildman–Crippen MR) is 360 cm³/mol. The van der Waals surface area contributed by atoms with Crippen molar-refractivity contribution in [1.82, 2.24) is 5.32 Å². The largest absolute Gasteiger partial charge is 0.394 e. The molecule has 2 heterocycles. The normalized spacial score (nSPS) is 23.1. The zero-order chi connectivity index (χ0) is 63.8. The molecule has 14 heteroatoms. The van der Waals surface area contributed by atoms with Gasteiger partial charge in [-0.2, -0.15) is 0 Å². The summed E-state index contributed by atoms with van der Waals surface area (Å²) in [6.45, 7) is 2.85. The molecule has 0 bridgehead atoms. The van der Waals surface area contributed by atoms with Crippen molar-refractivity contribution in [2.24, 2.45) is 0 Å². The summed E-state index contributed by atoms with van der Waals surface area (Å²) >= 11 is 0. The van der Waals surface area contributed by atoms with Gasteiger partial charge < -0.3 is 65.1 Å². The average Bonchev–Trinajstić information content (AvgIpc) is 2.53. The molecule has 88 heavy (non-hydrogen) atoms. The molecule has 14 nitrogen and oxygen atoms in total. The number of carbonyl (C=O) groups is 1. The number of hydrogen-bond donors (Lipinski definition) is 9. The quantitative estimate of drug-likeness (QED) is 0.0204. The predicted octanol–water partition coefficient (Wildman–Crippen LogP) is 16.1. The fraction of sp³-hybridized carbons (Fsp3) is 0.959. The highest BCUT2D eigenvalue weighted by Crippen LogP contribution is 2.30. The zero-order valence-corrected chi connectivity index (χ0v) is 57.0. The zero-order valence-electron chi connectivity index (χ0n) is 57.0. The summed E-state index contributed by atoms with van der Waals surface area (Å²) in [4.78, 5) is 13.3. The van der Waals surface area contributed by atoms with E-state index in [1.807, 2.05) is 6.08 Å². The first-order valence-electron chi connectivity index (χ1n) is 37.9. The molecular weight excluding hydrogens is 1110 g/mol. The van der Waals surface area contributed by atoms with Crippen molar-refractivity contribution in [3.8, 4) is 0 Å². The summed E-state index contributed by atoms with van der Waals surface area (Å²) < 4.78 is 22.9. The first-order valence-corrected chi connectivity index (χ1v) is 37.9. The molecule has 2 rings (SSSR count). The van der Waals surface area contributed by atoms with Crippen molar-refractivity contribution in [2.75, 3.05) is 19.8 Å². The standard InChI is InChI=1S/C74H143NO13/c1-3-5-7-9-11-13-15-17-19-21-22-23-24-25-26-27-28-29-30-31-32-33-34-35-36-37-38-39-40-41-42-44-46-48-50-52-54-56-58-66(79)75-62(63(78)57-55-53-51-49-47-45-43-20-18-16-14-12-10-8-6-4-2)61-85-73-71(84)69(82)72(65(60-77)87-73)88-74-70(83)68(81)67(80)64(59-76)86-74/h55,57,62-65,67-74,76-78,80-84H,3-54,56,58-61H2,1-2H3,(H,75,79)/b57-55+. The third-order valence-electron chi connectivity index (χ3n) is 19.0. The molecule has 0 radical (unpaired) electrons. The number of unbranched alkanes of at least 4 members (excludes halogenated alkanes) is 51. The highest BCUT2D eigenvalue weighted by atomic mass is 16.7. The molecule has 1 amide bonds. The van der Waals surface area contributed by atoms with Crippen molar-refractivity contribution < 1.29 is 64.6 Å². The molecule has 2 aliphatic heterocycles. The van der Waals surface area contributed by atoms with E-state index in [4.69, 9.17) is 18.9 Å². The van der Waals surface area contributed by atoms with Gasteiger partial charge in [0.15, 0.2) is 12.6 Å². The molecule has 0 aliphatic carbocycles. The second kappa shape index (κ2) is 59.5. The van der Waals surface area contributed by atoms with E-state index in [-0.39, 0.29) is 18.9 Å². The number of carbonyl (C=O) groups excluding carboxylic acids is 1.